The minimum Gasteiger partial charge on any atom is -0.405 e. The molecule has 18 heavy (non-hydrogen) atoms. The molecule has 0 spiro atoms. The van der Waals surface area contributed by atoms with E-state index in [4.69, 9.17) is 11.6 Å². The lowest BCUT2D eigenvalue weighted by molar-refractivity contribution is -0.274. The van der Waals surface area contributed by atoms with Crippen LogP contribution in [0.4, 0.5) is 13.2 Å². The normalized spacial score (nSPS) is 13.2. The third kappa shape index (κ3) is 3.88. The van der Waals surface area contributed by atoms with Crippen molar-refractivity contribution in [3.63, 3.8) is 0 Å². The molecule has 1 aromatic carbocycles. The maximum Gasteiger partial charge on any atom is 0.573 e. The SMILES string of the molecule is CC(=O)C(Br)c1c(CCl)cccc1OC(F)(F)F. The highest BCUT2D eigenvalue weighted by Crippen LogP contribution is 2.37. The minimum absolute atomic E-state index is 0.0141. The summed E-state index contributed by atoms with van der Waals surface area (Å²) >= 11 is 8.70. The first-order valence-electron chi connectivity index (χ1n) is 4.84. The second-order valence-electron chi connectivity index (χ2n) is 3.48. The average molecular weight is 346 g/mol. The largest absolute Gasteiger partial charge is 0.573 e. The Morgan fingerprint density at radius 1 is 1.50 bits per heavy atom. The van der Waals surface area contributed by atoms with E-state index >= 15 is 0 Å². The van der Waals surface area contributed by atoms with Gasteiger partial charge in [0.1, 0.15) is 16.4 Å². The Morgan fingerprint density at radius 2 is 2.11 bits per heavy atom. The van der Waals surface area contributed by atoms with Crippen molar-refractivity contribution >= 4 is 33.3 Å². The fraction of sp³-hybridized carbons (Fsp3) is 0.364. The molecule has 2 nitrogen and oxygen atoms in total. The standard InChI is InChI=1S/C11H9BrClF3O2/c1-6(17)10(12)9-7(5-13)3-2-4-8(9)18-11(14,15)16/h2-4,10H,5H2,1H3. The van der Waals surface area contributed by atoms with Crippen molar-refractivity contribution in [3.8, 4) is 5.75 Å². The summed E-state index contributed by atoms with van der Waals surface area (Å²) in [4.78, 5) is 10.4. The van der Waals surface area contributed by atoms with Crippen molar-refractivity contribution < 1.29 is 22.7 Å². The van der Waals surface area contributed by atoms with Crippen LogP contribution in [0, 0.1) is 0 Å². The van der Waals surface area contributed by atoms with E-state index < -0.39 is 16.9 Å². The fourth-order valence-corrected chi connectivity index (χ4v) is 2.16. The molecular formula is C11H9BrClF3O2. The Hall–Kier alpha value is -0.750. The van der Waals surface area contributed by atoms with E-state index in [1.54, 1.807) is 6.07 Å². The van der Waals surface area contributed by atoms with E-state index in [1.165, 1.54) is 13.0 Å². The van der Waals surface area contributed by atoms with Gasteiger partial charge in [0.25, 0.3) is 0 Å². The molecule has 1 rings (SSSR count). The molecule has 7 heteroatoms. The van der Waals surface area contributed by atoms with Gasteiger partial charge >= 0.3 is 6.36 Å². The fourth-order valence-electron chi connectivity index (χ4n) is 1.41. The summed E-state index contributed by atoms with van der Waals surface area (Å²) in [5, 5.41) is 0. The highest BCUT2D eigenvalue weighted by molar-refractivity contribution is 9.09. The van der Waals surface area contributed by atoms with Crippen LogP contribution in [0.1, 0.15) is 22.9 Å². The molecule has 1 atom stereocenters. The van der Waals surface area contributed by atoms with Gasteiger partial charge in [0, 0.05) is 11.4 Å². The van der Waals surface area contributed by atoms with Gasteiger partial charge in [0.15, 0.2) is 0 Å². The van der Waals surface area contributed by atoms with Gasteiger partial charge in [-0.1, -0.05) is 28.1 Å². The number of rotatable bonds is 4. The molecule has 0 saturated heterocycles. The van der Waals surface area contributed by atoms with Crippen molar-refractivity contribution in [2.24, 2.45) is 0 Å². The van der Waals surface area contributed by atoms with Gasteiger partial charge in [-0.15, -0.1) is 24.8 Å². The lowest BCUT2D eigenvalue weighted by atomic mass is 10.0. The van der Waals surface area contributed by atoms with Crippen LogP contribution in [0.25, 0.3) is 0 Å². The van der Waals surface area contributed by atoms with Gasteiger partial charge in [-0.05, 0) is 18.6 Å². The van der Waals surface area contributed by atoms with Crippen molar-refractivity contribution in [1.29, 1.82) is 0 Å². The van der Waals surface area contributed by atoms with Crippen LogP contribution in [0.2, 0.25) is 0 Å². The van der Waals surface area contributed by atoms with Gasteiger partial charge in [-0.25, -0.2) is 0 Å². The van der Waals surface area contributed by atoms with Crippen LogP contribution in [0.5, 0.6) is 5.75 Å². The van der Waals surface area contributed by atoms with Gasteiger partial charge in [-0.3, -0.25) is 4.79 Å². The minimum atomic E-state index is -4.82. The number of hydrogen-bond acceptors (Lipinski definition) is 2. The first-order chi connectivity index (χ1) is 8.26. The molecule has 0 radical (unpaired) electrons. The number of benzene rings is 1. The zero-order valence-electron chi connectivity index (χ0n) is 9.22. The highest BCUT2D eigenvalue weighted by atomic mass is 79.9. The topological polar surface area (TPSA) is 26.3 Å². The summed E-state index contributed by atoms with van der Waals surface area (Å²) in [6.45, 7) is 1.27. The van der Waals surface area contributed by atoms with E-state index in [1.807, 2.05) is 0 Å². The molecular weight excluding hydrogens is 336 g/mol. The third-order valence-corrected chi connectivity index (χ3v) is 3.53. The quantitative estimate of drug-likeness (QED) is 0.758. The summed E-state index contributed by atoms with van der Waals surface area (Å²) < 4.78 is 40.7. The lowest BCUT2D eigenvalue weighted by Crippen LogP contribution is -2.19. The molecule has 0 heterocycles. The van der Waals surface area contributed by atoms with Crippen LogP contribution in [-0.2, 0) is 10.7 Å². The number of ketones is 1. The smallest absolute Gasteiger partial charge is 0.405 e. The number of carbonyl (C=O) groups is 1. The van der Waals surface area contributed by atoms with Crippen LogP contribution in [0.15, 0.2) is 18.2 Å². The third-order valence-electron chi connectivity index (χ3n) is 2.14. The second-order valence-corrected chi connectivity index (χ2v) is 4.67. The number of hydrogen-bond donors (Lipinski definition) is 0. The Morgan fingerprint density at radius 3 is 2.56 bits per heavy atom. The van der Waals surface area contributed by atoms with E-state index in [-0.39, 0.29) is 17.2 Å². The number of halogens is 5. The van der Waals surface area contributed by atoms with Crippen LogP contribution >= 0.6 is 27.5 Å². The summed E-state index contributed by atoms with van der Waals surface area (Å²) in [5.41, 5.74) is 0.521. The second kappa shape index (κ2) is 5.93. The van der Waals surface area contributed by atoms with Crippen LogP contribution in [0.3, 0.4) is 0 Å². The predicted molar refractivity (Wildman–Crippen MR) is 65.0 cm³/mol. The molecule has 0 aliphatic carbocycles. The summed E-state index contributed by atoms with van der Waals surface area (Å²) in [6.07, 6.45) is -4.82. The highest BCUT2D eigenvalue weighted by Gasteiger charge is 2.34. The number of ether oxygens (including phenoxy) is 1. The van der Waals surface area contributed by atoms with E-state index in [9.17, 15) is 18.0 Å². The first-order valence-corrected chi connectivity index (χ1v) is 6.29. The summed E-state index contributed by atoms with van der Waals surface area (Å²) in [6, 6.07) is 4.08. The zero-order chi connectivity index (χ0) is 13.9. The molecule has 1 aromatic rings. The molecule has 0 aromatic heterocycles. The molecule has 1 unspecified atom stereocenters. The Kier molecular flexibility index (Phi) is 5.04. The van der Waals surface area contributed by atoms with E-state index in [2.05, 4.69) is 20.7 Å². The monoisotopic (exact) mass is 344 g/mol. The summed E-state index contributed by atoms with van der Waals surface area (Å²) in [5.74, 6) is -0.767. The van der Waals surface area contributed by atoms with Crippen LogP contribution < -0.4 is 4.74 Å². The van der Waals surface area contributed by atoms with E-state index in [0.29, 0.717) is 5.56 Å². The van der Waals surface area contributed by atoms with Gasteiger partial charge < -0.3 is 4.74 Å². The number of Topliss-reactive ketones (excluding diaryl/α,β-unsaturated/α-hetero) is 1. The molecule has 0 N–H and O–H groups in total. The Labute approximate surface area is 115 Å². The van der Waals surface area contributed by atoms with Crippen LogP contribution in [-0.4, -0.2) is 12.1 Å². The number of alkyl halides is 5. The molecule has 100 valence electrons. The lowest BCUT2D eigenvalue weighted by Gasteiger charge is -2.18. The van der Waals surface area contributed by atoms with Crippen molar-refractivity contribution in [1.82, 2.24) is 0 Å². The molecule has 0 amide bonds. The first kappa shape index (κ1) is 15.3. The maximum absolute atomic E-state index is 12.3. The molecule has 0 fully saturated rings. The van der Waals surface area contributed by atoms with E-state index in [0.717, 1.165) is 6.07 Å². The average Bonchev–Trinajstić information content (AvgIpc) is 2.25. The molecule has 0 aliphatic rings. The predicted octanol–water partition coefficient (Wildman–Crippen LogP) is 4.35. The van der Waals surface area contributed by atoms with Crippen molar-refractivity contribution in [3.05, 3.63) is 29.3 Å². The zero-order valence-corrected chi connectivity index (χ0v) is 11.6. The number of carbonyl (C=O) groups excluding carboxylic acids is 1. The summed E-state index contributed by atoms with van der Waals surface area (Å²) in [7, 11) is 0. The maximum atomic E-state index is 12.3. The van der Waals surface area contributed by atoms with Gasteiger partial charge in [0.05, 0.1) is 0 Å². The molecule has 0 aliphatic heterocycles. The van der Waals surface area contributed by atoms with Crippen molar-refractivity contribution in [2.45, 2.75) is 24.0 Å². The van der Waals surface area contributed by atoms with Gasteiger partial charge in [0.2, 0.25) is 0 Å². The molecule has 0 saturated carbocycles. The van der Waals surface area contributed by atoms with Crippen molar-refractivity contribution in [2.75, 3.05) is 0 Å². The van der Waals surface area contributed by atoms with Gasteiger partial charge in [-0.2, -0.15) is 0 Å². The molecule has 0 bridgehead atoms. The Balaban J connectivity index is 3.29. The Bertz CT molecular complexity index is 448.